The zero-order valence-corrected chi connectivity index (χ0v) is 10.3. The van der Waals surface area contributed by atoms with Crippen molar-refractivity contribution in [2.75, 3.05) is 0 Å². The first-order chi connectivity index (χ1) is 7.58. The lowest BCUT2D eigenvalue weighted by Crippen LogP contribution is -2.25. The Morgan fingerprint density at radius 1 is 1.44 bits per heavy atom. The molecular formula is C13H16ClNO. The summed E-state index contributed by atoms with van der Waals surface area (Å²) in [5.74, 6) is 0.368. The van der Waals surface area contributed by atoms with Crippen molar-refractivity contribution in [2.45, 2.75) is 38.6 Å². The Balaban J connectivity index is 2.16. The highest BCUT2D eigenvalue weighted by atomic mass is 35.5. The standard InChI is InChI=1S/C13H16ClNO/c1-8(2)11-6-3-9(7-12(11)14)13(16)15-10-4-5-10/h3,6-8,10H,4-5H2,1-2H3,(H,15,16). The number of halogens is 1. The Morgan fingerprint density at radius 2 is 2.12 bits per heavy atom. The first kappa shape index (κ1) is 11.5. The fourth-order valence-electron chi connectivity index (χ4n) is 1.63. The molecule has 1 aromatic rings. The minimum absolute atomic E-state index is 0.0142. The average molecular weight is 238 g/mol. The van der Waals surface area contributed by atoms with Gasteiger partial charge in [0, 0.05) is 16.6 Å². The van der Waals surface area contributed by atoms with Gasteiger partial charge in [0.15, 0.2) is 0 Å². The van der Waals surface area contributed by atoms with Crippen LogP contribution in [0.1, 0.15) is 48.5 Å². The smallest absolute Gasteiger partial charge is 0.251 e. The lowest BCUT2D eigenvalue weighted by atomic mass is 10.0. The summed E-state index contributed by atoms with van der Waals surface area (Å²) in [7, 11) is 0. The molecule has 1 saturated carbocycles. The molecule has 0 aromatic heterocycles. The highest BCUT2D eigenvalue weighted by molar-refractivity contribution is 6.31. The van der Waals surface area contributed by atoms with E-state index in [9.17, 15) is 4.79 Å². The summed E-state index contributed by atoms with van der Waals surface area (Å²) in [6, 6.07) is 5.93. The topological polar surface area (TPSA) is 29.1 Å². The highest BCUT2D eigenvalue weighted by Gasteiger charge is 2.24. The van der Waals surface area contributed by atoms with Crippen molar-refractivity contribution in [1.82, 2.24) is 5.32 Å². The van der Waals surface area contributed by atoms with Crippen LogP contribution in [0.25, 0.3) is 0 Å². The number of carbonyl (C=O) groups excluding carboxylic acids is 1. The second-order valence-corrected chi connectivity index (χ2v) is 5.05. The van der Waals surface area contributed by atoms with Crippen molar-refractivity contribution in [3.8, 4) is 0 Å². The number of amides is 1. The van der Waals surface area contributed by atoms with Crippen LogP contribution in [-0.2, 0) is 0 Å². The first-order valence-corrected chi connectivity index (χ1v) is 6.06. The molecule has 1 fully saturated rings. The zero-order chi connectivity index (χ0) is 11.7. The monoisotopic (exact) mass is 237 g/mol. The third-order valence-electron chi connectivity index (χ3n) is 2.80. The molecule has 1 amide bonds. The van der Waals surface area contributed by atoms with Gasteiger partial charge in [-0.15, -0.1) is 0 Å². The fraction of sp³-hybridized carbons (Fsp3) is 0.462. The minimum atomic E-state index is -0.0142. The van der Waals surface area contributed by atoms with Gasteiger partial charge < -0.3 is 5.32 Å². The molecule has 2 nitrogen and oxygen atoms in total. The van der Waals surface area contributed by atoms with Crippen molar-refractivity contribution >= 4 is 17.5 Å². The lowest BCUT2D eigenvalue weighted by Gasteiger charge is -2.10. The molecule has 1 aliphatic rings. The van der Waals surface area contributed by atoms with Crippen molar-refractivity contribution < 1.29 is 4.79 Å². The Hall–Kier alpha value is -1.02. The van der Waals surface area contributed by atoms with Crippen molar-refractivity contribution in [3.63, 3.8) is 0 Å². The van der Waals surface area contributed by atoms with E-state index >= 15 is 0 Å². The van der Waals surface area contributed by atoms with E-state index in [1.807, 2.05) is 12.1 Å². The molecule has 0 aliphatic heterocycles. The van der Waals surface area contributed by atoms with Crippen LogP contribution >= 0.6 is 11.6 Å². The molecule has 0 atom stereocenters. The Kier molecular flexibility index (Phi) is 3.20. The molecule has 2 rings (SSSR count). The lowest BCUT2D eigenvalue weighted by molar-refractivity contribution is 0.0951. The number of hydrogen-bond acceptors (Lipinski definition) is 1. The molecule has 3 heteroatoms. The average Bonchev–Trinajstić information content (AvgIpc) is 3.00. The Bertz CT molecular complexity index is 410. The largest absolute Gasteiger partial charge is 0.349 e. The zero-order valence-electron chi connectivity index (χ0n) is 9.59. The third kappa shape index (κ3) is 2.56. The number of hydrogen-bond donors (Lipinski definition) is 1. The SMILES string of the molecule is CC(C)c1ccc(C(=O)NC2CC2)cc1Cl. The van der Waals surface area contributed by atoms with Gasteiger partial charge >= 0.3 is 0 Å². The molecule has 0 radical (unpaired) electrons. The first-order valence-electron chi connectivity index (χ1n) is 5.68. The number of rotatable bonds is 3. The minimum Gasteiger partial charge on any atom is -0.349 e. The van der Waals surface area contributed by atoms with Crippen molar-refractivity contribution in [2.24, 2.45) is 0 Å². The summed E-state index contributed by atoms with van der Waals surface area (Å²) in [6.07, 6.45) is 2.20. The van der Waals surface area contributed by atoms with Crippen LogP contribution in [0.15, 0.2) is 18.2 Å². The fourth-order valence-corrected chi connectivity index (χ4v) is 2.03. The maximum atomic E-state index is 11.8. The molecule has 1 N–H and O–H groups in total. The van der Waals surface area contributed by atoms with Gasteiger partial charge in [-0.3, -0.25) is 4.79 Å². The van der Waals surface area contributed by atoms with E-state index in [-0.39, 0.29) is 5.91 Å². The van der Waals surface area contributed by atoms with Crippen LogP contribution in [0, 0.1) is 0 Å². The predicted molar refractivity (Wildman–Crippen MR) is 66.0 cm³/mol. The third-order valence-corrected chi connectivity index (χ3v) is 3.12. The van der Waals surface area contributed by atoms with Crippen LogP contribution in [0.5, 0.6) is 0 Å². The van der Waals surface area contributed by atoms with E-state index in [0.29, 0.717) is 22.5 Å². The summed E-state index contributed by atoms with van der Waals surface area (Å²) in [5.41, 5.74) is 1.74. The highest BCUT2D eigenvalue weighted by Crippen LogP contribution is 2.26. The van der Waals surface area contributed by atoms with Gasteiger partial charge in [0.25, 0.3) is 5.91 Å². The van der Waals surface area contributed by atoms with Crippen LogP contribution in [-0.4, -0.2) is 11.9 Å². The predicted octanol–water partition coefficient (Wildman–Crippen LogP) is 3.36. The normalized spacial score (nSPS) is 15.2. The molecule has 1 aliphatic carbocycles. The van der Waals surface area contributed by atoms with Gasteiger partial charge in [0.2, 0.25) is 0 Å². The van der Waals surface area contributed by atoms with E-state index < -0.39 is 0 Å². The Labute approximate surface area is 101 Å². The van der Waals surface area contributed by atoms with Gasteiger partial charge in [-0.2, -0.15) is 0 Å². The van der Waals surface area contributed by atoms with E-state index in [4.69, 9.17) is 11.6 Å². The van der Waals surface area contributed by atoms with Crippen LogP contribution < -0.4 is 5.32 Å². The molecule has 0 heterocycles. The second kappa shape index (κ2) is 4.46. The van der Waals surface area contributed by atoms with Gasteiger partial charge in [0.1, 0.15) is 0 Å². The van der Waals surface area contributed by atoms with Gasteiger partial charge in [-0.1, -0.05) is 31.5 Å². The summed E-state index contributed by atoms with van der Waals surface area (Å²) >= 11 is 6.14. The molecule has 0 spiro atoms. The van der Waals surface area contributed by atoms with Crippen molar-refractivity contribution in [3.05, 3.63) is 34.3 Å². The summed E-state index contributed by atoms with van der Waals surface area (Å²) in [4.78, 5) is 11.8. The van der Waals surface area contributed by atoms with Crippen LogP contribution in [0.2, 0.25) is 5.02 Å². The van der Waals surface area contributed by atoms with E-state index in [2.05, 4.69) is 19.2 Å². The van der Waals surface area contributed by atoms with E-state index in [1.54, 1.807) is 6.07 Å². The summed E-state index contributed by atoms with van der Waals surface area (Å²) in [5, 5.41) is 3.63. The Morgan fingerprint density at radius 3 is 2.62 bits per heavy atom. The van der Waals surface area contributed by atoms with Crippen LogP contribution in [0.4, 0.5) is 0 Å². The number of benzene rings is 1. The maximum absolute atomic E-state index is 11.8. The van der Waals surface area contributed by atoms with E-state index in [0.717, 1.165) is 18.4 Å². The second-order valence-electron chi connectivity index (χ2n) is 4.64. The molecule has 1 aromatic carbocycles. The molecule has 16 heavy (non-hydrogen) atoms. The molecule has 0 bridgehead atoms. The molecule has 86 valence electrons. The molecule has 0 unspecified atom stereocenters. The van der Waals surface area contributed by atoms with Gasteiger partial charge in [-0.05, 0) is 36.5 Å². The molecular weight excluding hydrogens is 222 g/mol. The summed E-state index contributed by atoms with van der Waals surface area (Å²) in [6.45, 7) is 4.18. The quantitative estimate of drug-likeness (QED) is 0.858. The van der Waals surface area contributed by atoms with Crippen molar-refractivity contribution in [1.29, 1.82) is 0 Å². The van der Waals surface area contributed by atoms with Gasteiger partial charge in [0.05, 0.1) is 0 Å². The number of carbonyl (C=O) groups is 1. The van der Waals surface area contributed by atoms with Gasteiger partial charge in [-0.25, -0.2) is 0 Å². The molecule has 0 saturated heterocycles. The van der Waals surface area contributed by atoms with E-state index in [1.165, 1.54) is 0 Å². The number of nitrogens with one attached hydrogen (secondary N) is 1. The maximum Gasteiger partial charge on any atom is 0.251 e. The summed E-state index contributed by atoms with van der Waals surface area (Å²) < 4.78 is 0. The van der Waals surface area contributed by atoms with Crippen LogP contribution in [0.3, 0.4) is 0 Å².